The maximum absolute atomic E-state index is 12.9. The standard InChI is InChI=1S/C21H26N4O4/c1-21(2,3)29-18(26)8-7-17(19(22)27)25-10-14-9-13(5-6-15(14)20(25)28)16-11-24(4)12-23-16/h5-6,9,11-12,17H,7-8,10H2,1-4H3,(H2,22,27)/t17-/m0/s1. The molecule has 2 heterocycles. The van der Waals surface area contributed by atoms with Gasteiger partial charge in [-0.25, -0.2) is 4.98 Å². The van der Waals surface area contributed by atoms with Crippen LogP contribution in [0.2, 0.25) is 0 Å². The number of ether oxygens (including phenoxy) is 1. The summed E-state index contributed by atoms with van der Waals surface area (Å²) in [5.41, 5.74) is 7.98. The first-order chi connectivity index (χ1) is 13.5. The first kappa shape index (κ1) is 20.6. The summed E-state index contributed by atoms with van der Waals surface area (Å²) >= 11 is 0. The van der Waals surface area contributed by atoms with Gasteiger partial charge in [0.05, 0.1) is 12.0 Å². The first-order valence-corrected chi connectivity index (χ1v) is 9.48. The summed E-state index contributed by atoms with van der Waals surface area (Å²) in [6, 6.07) is 4.61. The minimum Gasteiger partial charge on any atom is -0.460 e. The maximum atomic E-state index is 12.9. The van der Waals surface area contributed by atoms with Crippen LogP contribution in [0.1, 0.15) is 49.5 Å². The van der Waals surface area contributed by atoms with Gasteiger partial charge in [0, 0.05) is 37.3 Å². The van der Waals surface area contributed by atoms with Gasteiger partial charge in [-0.2, -0.15) is 0 Å². The number of fused-ring (bicyclic) bond motifs is 1. The number of primary amides is 1. The van der Waals surface area contributed by atoms with Gasteiger partial charge in [0.25, 0.3) is 5.91 Å². The molecule has 8 heteroatoms. The lowest BCUT2D eigenvalue weighted by molar-refractivity contribution is -0.155. The van der Waals surface area contributed by atoms with E-state index in [0.717, 1.165) is 16.8 Å². The zero-order valence-electron chi connectivity index (χ0n) is 17.1. The minimum absolute atomic E-state index is 0.00415. The summed E-state index contributed by atoms with van der Waals surface area (Å²) in [6.07, 6.45) is 3.73. The van der Waals surface area contributed by atoms with Crippen molar-refractivity contribution in [2.45, 2.75) is 51.8 Å². The van der Waals surface area contributed by atoms with Crippen LogP contribution < -0.4 is 5.73 Å². The largest absolute Gasteiger partial charge is 0.460 e. The molecule has 1 aromatic carbocycles. The van der Waals surface area contributed by atoms with Crippen molar-refractivity contribution in [1.82, 2.24) is 14.5 Å². The first-order valence-electron chi connectivity index (χ1n) is 9.48. The molecule has 0 fully saturated rings. The second-order valence-electron chi connectivity index (χ2n) is 8.27. The van der Waals surface area contributed by atoms with E-state index in [1.807, 2.05) is 29.9 Å². The summed E-state index contributed by atoms with van der Waals surface area (Å²) < 4.78 is 7.13. The minimum atomic E-state index is -0.874. The van der Waals surface area contributed by atoms with Gasteiger partial charge in [-0.05, 0) is 44.9 Å². The smallest absolute Gasteiger partial charge is 0.306 e. The van der Waals surface area contributed by atoms with Crippen LogP contribution >= 0.6 is 0 Å². The van der Waals surface area contributed by atoms with Gasteiger partial charge in [-0.15, -0.1) is 0 Å². The second-order valence-corrected chi connectivity index (χ2v) is 8.27. The number of hydrogen-bond acceptors (Lipinski definition) is 5. The molecule has 0 unspecified atom stereocenters. The predicted octanol–water partition coefficient (Wildman–Crippen LogP) is 2.02. The Labute approximate surface area is 169 Å². The van der Waals surface area contributed by atoms with Crippen LogP contribution in [-0.2, 0) is 27.9 Å². The molecular weight excluding hydrogens is 372 g/mol. The van der Waals surface area contributed by atoms with Gasteiger partial charge in [0.15, 0.2) is 0 Å². The molecule has 1 aliphatic heterocycles. The third kappa shape index (κ3) is 4.64. The molecule has 29 heavy (non-hydrogen) atoms. The Bertz CT molecular complexity index is 958. The average Bonchev–Trinajstić information content (AvgIpc) is 3.17. The lowest BCUT2D eigenvalue weighted by Crippen LogP contribution is -2.45. The van der Waals surface area contributed by atoms with E-state index >= 15 is 0 Å². The van der Waals surface area contributed by atoms with E-state index < -0.39 is 23.5 Å². The molecule has 154 valence electrons. The highest BCUT2D eigenvalue weighted by atomic mass is 16.6. The second kappa shape index (κ2) is 7.69. The molecule has 8 nitrogen and oxygen atoms in total. The van der Waals surface area contributed by atoms with E-state index in [-0.39, 0.29) is 25.3 Å². The molecule has 0 saturated heterocycles. The van der Waals surface area contributed by atoms with Gasteiger partial charge in [0.1, 0.15) is 11.6 Å². The molecule has 0 saturated carbocycles. The lowest BCUT2D eigenvalue weighted by Gasteiger charge is -2.25. The number of amides is 2. The molecule has 3 rings (SSSR count). The number of nitrogens with two attached hydrogens (primary N) is 1. The highest BCUT2D eigenvalue weighted by Crippen LogP contribution is 2.30. The Morgan fingerprint density at radius 2 is 2.03 bits per heavy atom. The fourth-order valence-electron chi connectivity index (χ4n) is 3.41. The van der Waals surface area contributed by atoms with E-state index in [0.29, 0.717) is 5.56 Å². The van der Waals surface area contributed by atoms with E-state index in [2.05, 4.69) is 4.98 Å². The van der Waals surface area contributed by atoms with Crippen LogP contribution in [0.4, 0.5) is 0 Å². The molecule has 0 bridgehead atoms. The summed E-state index contributed by atoms with van der Waals surface area (Å²) in [5, 5.41) is 0. The number of esters is 1. The Morgan fingerprint density at radius 1 is 1.31 bits per heavy atom. The van der Waals surface area contributed by atoms with Gasteiger partial charge in [-0.1, -0.05) is 6.07 Å². The van der Waals surface area contributed by atoms with Crippen molar-refractivity contribution in [3.8, 4) is 11.3 Å². The quantitative estimate of drug-likeness (QED) is 0.749. The van der Waals surface area contributed by atoms with E-state index in [9.17, 15) is 14.4 Å². The van der Waals surface area contributed by atoms with Gasteiger partial charge < -0.3 is 19.9 Å². The highest BCUT2D eigenvalue weighted by Gasteiger charge is 2.36. The molecule has 2 N–H and O–H groups in total. The Kier molecular flexibility index (Phi) is 5.46. The van der Waals surface area contributed by atoms with Gasteiger partial charge in [0.2, 0.25) is 5.91 Å². The third-order valence-corrected chi connectivity index (χ3v) is 4.68. The molecular formula is C21H26N4O4. The van der Waals surface area contributed by atoms with Crippen LogP contribution in [0.15, 0.2) is 30.7 Å². The van der Waals surface area contributed by atoms with Gasteiger partial charge >= 0.3 is 5.97 Å². The number of nitrogens with zero attached hydrogens (tertiary/aromatic N) is 3. The molecule has 2 aromatic rings. The van der Waals surface area contributed by atoms with Crippen molar-refractivity contribution < 1.29 is 19.1 Å². The number of carbonyl (C=O) groups is 3. The van der Waals surface area contributed by atoms with Crippen molar-refractivity contribution in [3.05, 3.63) is 41.9 Å². The maximum Gasteiger partial charge on any atom is 0.306 e. The van der Waals surface area contributed by atoms with Crippen molar-refractivity contribution in [1.29, 1.82) is 0 Å². The Balaban J connectivity index is 1.75. The van der Waals surface area contributed by atoms with Crippen LogP contribution in [0, 0.1) is 0 Å². The fraction of sp³-hybridized carbons (Fsp3) is 0.429. The molecule has 2 amide bonds. The zero-order chi connectivity index (χ0) is 21.3. The molecule has 0 spiro atoms. The third-order valence-electron chi connectivity index (χ3n) is 4.68. The van der Waals surface area contributed by atoms with Crippen LogP contribution in [0.25, 0.3) is 11.3 Å². The normalized spacial score (nSPS) is 14.6. The molecule has 0 radical (unpaired) electrons. The van der Waals surface area contributed by atoms with Crippen LogP contribution in [0.3, 0.4) is 0 Å². The van der Waals surface area contributed by atoms with Gasteiger partial charge in [-0.3, -0.25) is 14.4 Å². The number of carbonyl (C=O) groups excluding carboxylic acids is 3. The zero-order valence-corrected chi connectivity index (χ0v) is 17.1. The SMILES string of the molecule is Cn1cnc(-c2ccc3c(c2)CN([C@@H](CCC(=O)OC(C)(C)C)C(N)=O)C3=O)c1. The monoisotopic (exact) mass is 398 g/mol. The van der Waals surface area contributed by atoms with E-state index in [4.69, 9.17) is 10.5 Å². The Hall–Kier alpha value is -3.16. The predicted molar refractivity (Wildman–Crippen MR) is 107 cm³/mol. The summed E-state index contributed by atoms with van der Waals surface area (Å²) in [5.74, 6) is -1.33. The van der Waals surface area contributed by atoms with Crippen molar-refractivity contribution >= 4 is 17.8 Å². The topological polar surface area (TPSA) is 108 Å². The summed E-state index contributed by atoms with van der Waals surface area (Å²) in [7, 11) is 1.89. The van der Waals surface area contributed by atoms with Crippen LogP contribution in [0.5, 0.6) is 0 Å². The fourth-order valence-corrected chi connectivity index (χ4v) is 3.41. The molecule has 1 aliphatic rings. The molecule has 1 atom stereocenters. The number of benzene rings is 1. The van der Waals surface area contributed by atoms with E-state index in [1.165, 1.54) is 4.90 Å². The number of imidazole rings is 1. The Morgan fingerprint density at radius 3 is 2.62 bits per heavy atom. The summed E-state index contributed by atoms with van der Waals surface area (Å²) in [6.45, 7) is 5.58. The number of aromatic nitrogens is 2. The molecule has 0 aliphatic carbocycles. The van der Waals surface area contributed by atoms with Crippen molar-refractivity contribution in [2.24, 2.45) is 12.8 Å². The summed E-state index contributed by atoms with van der Waals surface area (Å²) in [4.78, 5) is 42.7. The number of aryl methyl sites for hydroxylation is 1. The number of hydrogen-bond donors (Lipinski definition) is 1. The molecule has 1 aromatic heterocycles. The highest BCUT2D eigenvalue weighted by molar-refractivity contribution is 6.01. The van der Waals surface area contributed by atoms with Crippen molar-refractivity contribution in [3.63, 3.8) is 0 Å². The van der Waals surface area contributed by atoms with Crippen LogP contribution in [-0.4, -0.2) is 43.9 Å². The van der Waals surface area contributed by atoms with Crippen molar-refractivity contribution in [2.75, 3.05) is 0 Å². The number of rotatable bonds is 6. The lowest BCUT2D eigenvalue weighted by atomic mass is 10.0. The van der Waals surface area contributed by atoms with E-state index in [1.54, 1.807) is 33.2 Å². The average molecular weight is 398 g/mol.